The maximum atomic E-state index is 11.8. The van der Waals surface area contributed by atoms with E-state index in [0.717, 1.165) is 0 Å². The highest BCUT2D eigenvalue weighted by molar-refractivity contribution is 5.88. The highest BCUT2D eigenvalue weighted by Crippen LogP contribution is 2.30. The van der Waals surface area contributed by atoms with Gasteiger partial charge in [0.25, 0.3) is 0 Å². The fraction of sp³-hybridized carbons (Fsp3) is 0.450. The number of carbonyl (C=O) groups is 2. The summed E-state index contributed by atoms with van der Waals surface area (Å²) in [6.45, 7) is 10.3. The van der Waals surface area contributed by atoms with Crippen LogP contribution in [0.3, 0.4) is 0 Å². The Kier molecular flexibility index (Phi) is 5.87. The van der Waals surface area contributed by atoms with Crippen molar-refractivity contribution in [1.82, 2.24) is 20.3 Å². The second kappa shape index (κ2) is 8.25. The molecule has 1 amide bonds. The second-order valence-corrected chi connectivity index (χ2v) is 7.71. The third-order valence-electron chi connectivity index (χ3n) is 4.00. The molecule has 0 saturated carbocycles. The van der Waals surface area contributed by atoms with Gasteiger partial charge in [0.1, 0.15) is 22.9 Å². The standard InChI is InChI=1S/C20H24N4O7/c1-9-13(22-12(28-9)8-21-19(26)31-20(4,5)6)16-23-14(10(2)29-16)17-24-15(11(3)30-17)18(25)27-7/h8H2,1-7H3,(H,21,26). The summed E-state index contributed by atoms with van der Waals surface area (Å²) in [4.78, 5) is 36.5. The molecule has 3 rings (SSSR count). The normalized spacial score (nSPS) is 11.5. The summed E-state index contributed by atoms with van der Waals surface area (Å²) in [6.07, 6.45) is -0.583. The minimum Gasteiger partial charge on any atom is -0.464 e. The van der Waals surface area contributed by atoms with Crippen LogP contribution < -0.4 is 5.32 Å². The van der Waals surface area contributed by atoms with Gasteiger partial charge in [0.15, 0.2) is 17.1 Å². The Bertz CT molecular complexity index is 1120. The summed E-state index contributed by atoms with van der Waals surface area (Å²) in [5.41, 5.74) is 0.144. The van der Waals surface area contributed by atoms with Crippen LogP contribution in [0, 0.1) is 20.8 Å². The molecule has 0 bridgehead atoms. The minimum atomic E-state index is -0.611. The molecule has 31 heavy (non-hydrogen) atoms. The molecule has 0 aliphatic carbocycles. The zero-order chi connectivity index (χ0) is 22.9. The number of nitrogens with zero attached hydrogens (tertiary/aromatic N) is 3. The first kappa shape index (κ1) is 22.1. The summed E-state index contributed by atoms with van der Waals surface area (Å²) in [5, 5.41) is 2.58. The van der Waals surface area contributed by atoms with E-state index >= 15 is 0 Å². The molecular weight excluding hydrogens is 408 g/mol. The molecule has 1 N–H and O–H groups in total. The van der Waals surface area contributed by atoms with E-state index in [1.165, 1.54) is 7.11 Å². The number of amides is 1. The Morgan fingerprint density at radius 1 is 0.903 bits per heavy atom. The smallest absolute Gasteiger partial charge is 0.408 e. The number of methoxy groups -OCH3 is 1. The van der Waals surface area contributed by atoms with Gasteiger partial charge < -0.3 is 28.0 Å². The number of rotatable bonds is 5. The fourth-order valence-corrected chi connectivity index (χ4v) is 2.67. The van der Waals surface area contributed by atoms with Crippen molar-refractivity contribution in [3.63, 3.8) is 0 Å². The SMILES string of the molecule is COC(=O)c1nc(-c2nc(-c3nc(CNC(=O)OC(C)(C)C)oc3C)oc2C)oc1C. The van der Waals surface area contributed by atoms with Crippen LogP contribution >= 0.6 is 0 Å². The number of aryl methyl sites for hydroxylation is 3. The van der Waals surface area contributed by atoms with Crippen LogP contribution in [0.25, 0.3) is 23.2 Å². The molecule has 3 heterocycles. The van der Waals surface area contributed by atoms with Crippen LogP contribution in [0.2, 0.25) is 0 Å². The number of hydrogen-bond donors (Lipinski definition) is 1. The average Bonchev–Trinajstić information content (AvgIpc) is 3.34. The summed E-state index contributed by atoms with van der Waals surface area (Å²) in [5.74, 6) is 1.14. The lowest BCUT2D eigenvalue weighted by Crippen LogP contribution is -2.32. The van der Waals surface area contributed by atoms with Gasteiger partial charge in [0.2, 0.25) is 17.7 Å². The van der Waals surface area contributed by atoms with Crippen molar-refractivity contribution < 1.29 is 32.3 Å². The van der Waals surface area contributed by atoms with Gasteiger partial charge in [-0.25, -0.2) is 24.5 Å². The van der Waals surface area contributed by atoms with Crippen LogP contribution in [0.1, 0.15) is 54.4 Å². The summed E-state index contributed by atoms with van der Waals surface area (Å²) in [7, 11) is 1.26. The van der Waals surface area contributed by atoms with Crippen LogP contribution in [0.4, 0.5) is 4.79 Å². The van der Waals surface area contributed by atoms with Crippen molar-refractivity contribution >= 4 is 12.1 Å². The van der Waals surface area contributed by atoms with Gasteiger partial charge in [0.05, 0.1) is 13.7 Å². The van der Waals surface area contributed by atoms with Crippen molar-refractivity contribution in [2.24, 2.45) is 0 Å². The third kappa shape index (κ3) is 4.93. The van der Waals surface area contributed by atoms with E-state index in [-0.39, 0.29) is 29.9 Å². The number of alkyl carbamates (subject to hydrolysis) is 1. The molecule has 0 spiro atoms. The third-order valence-corrected chi connectivity index (χ3v) is 4.00. The largest absolute Gasteiger partial charge is 0.464 e. The lowest BCUT2D eigenvalue weighted by atomic mass is 10.2. The molecule has 0 aliphatic heterocycles. The molecule has 166 valence electrons. The molecule has 0 aromatic carbocycles. The molecule has 0 unspecified atom stereocenters. The Labute approximate surface area is 178 Å². The van der Waals surface area contributed by atoms with Gasteiger partial charge in [-0.2, -0.15) is 0 Å². The van der Waals surface area contributed by atoms with Crippen molar-refractivity contribution in [1.29, 1.82) is 0 Å². The van der Waals surface area contributed by atoms with Gasteiger partial charge in [-0.1, -0.05) is 0 Å². The van der Waals surface area contributed by atoms with E-state index in [1.807, 2.05) is 0 Å². The van der Waals surface area contributed by atoms with Gasteiger partial charge in [-0.05, 0) is 41.5 Å². The van der Waals surface area contributed by atoms with Crippen molar-refractivity contribution in [3.05, 3.63) is 28.9 Å². The van der Waals surface area contributed by atoms with Crippen LogP contribution in [0.5, 0.6) is 0 Å². The maximum Gasteiger partial charge on any atom is 0.408 e. The Hall–Kier alpha value is -3.63. The first-order valence-corrected chi connectivity index (χ1v) is 9.45. The van der Waals surface area contributed by atoms with Crippen molar-refractivity contribution in [2.75, 3.05) is 7.11 Å². The number of esters is 1. The summed E-state index contributed by atoms with van der Waals surface area (Å²) < 4.78 is 26.7. The number of aromatic nitrogens is 3. The Balaban J connectivity index is 1.81. The van der Waals surface area contributed by atoms with Gasteiger partial charge in [-0.3, -0.25) is 0 Å². The van der Waals surface area contributed by atoms with Crippen molar-refractivity contribution in [2.45, 2.75) is 53.7 Å². The fourth-order valence-electron chi connectivity index (χ4n) is 2.67. The van der Waals surface area contributed by atoms with Gasteiger partial charge >= 0.3 is 12.1 Å². The second-order valence-electron chi connectivity index (χ2n) is 7.71. The number of oxazole rings is 3. The quantitative estimate of drug-likeness (QED) is 0.592. The van der Waals surface area contributed by atoms with Gasteiger partial charge in [-0.15, -0.1) is 0 Å². The topological polar surface area (TPSA) is 143 Å². The van der Waals surface area contributed by atoms with E-state index in [4.69, 9.17) is 18.0 Å². The molecule has 11 heteroatoms. The number of hydrogen-bond acceptors (Lipinski definition) is 10. The molecule has 0 atom stereocenters. The molecule has 3 aromatic heterocycles. The number of ether oxygens (including phenoxy) is 2. The van der Waals surface area contributed by atoms with E-state index in [2.05, 4.69) is 25.0 Å². The zero-order valence-electron chi connectivity index (χ0n) is 18.4. The molecule has 0 fully saturated rings. The van der Waals surface area contributed by atoms with Crippen molar-refractivity contribution in [3.8, 4) is 23.2 Å². The molecular formula is C20H24N4O7. The van der Waals surface area contributed by atoms with E-state index < -0.39 is 17.7 Å². The van der Waals surface area contributed by atoms with E-state index in [9.17, 15) is 9.59 Å². The predicted molar refractivity (Wildman–Crippen MR) is 106 cm³/mol. The Morgan fingerprint density at radius 2 is 1.48 bits per heavy atom. The summed E-state index contributed by atoms with van der Waals surface area (Å²) in [6, 6.07) is 0. The molecule has 11 nitrogen and oxygen atoms in total. The lowest BCUT2D eigenvalue weighted by molar-refractivity contribution is 0.0517. The molecule has 0 saturated heterocycles. The molecule has 3 aromatic rings. The van der Waals surface area contributed by atoms with E-state index in [0.29, 0.717) is 28.7 Å². The first-order chi connectivity index (χ1) is 14.5. The maximum absolute atomic E-state index is 11.8. The van der Waals surface area contributed by atoms with Gasteiger partial charge in [0, 0.05) is 0 Å². The molecule has 0 radical (unpaired) electrons. The van der Waals surface area contributed by atoms with E-state index in [1.54, 1.807) is 41.5 Å². The predicted octanol–water partition coefficient (Wildman–Crippen LogP) is 3.72. The first-order valence-electron chi connectivity index (χ1n) is 9.45. The van der Waals surface area contributed by atoms with Crippen LogP contribution in [-0.2, 0) is 16.0 Å². The molecule has 0 aliphatic rings. The minimum absolute atomic E-state index is 0.0315. The Morgan fingerprint density at radius 3 is 2.13 bits per heavy atom. The van der Waals surface area contributed by atoms with Crippen LogP contribution in [-0.4, -0.2) is 39.7 Å². The highest BCUT2D eigenvalue weighted by atomic mass is 16.6. The average molecular weight is 432 g/mol. The summed E-state index contributed by atoms with van der Waals surface area (Å²) >= 11 is 0. The number of carbonyl (C=O) groups excluding carboxylic acids is 2. The number of nitrogens with one attached hydrogen (secondary N) is 1. The lowest BCUT2D eigenvalue weighted by Gasteiger charge is -2.19. The highest BCUT2D eigenvalue weighted by Gasteiger charge is 2.25. The monoisotopic (exact) mass is 432 g/mol. The van der Waals surface area contributed by atoms with Crippen LogP contribution in [0.15, 0.2) is 13.3 Å². The zero-order valence-corrected chi connectivity index (χ0v) is 18.4.